The van der Waals surface area contributed by atoms with Crippen molar-refractivity contribution in [1.82, 2.24) is 21.3 Å². The Labute approximate surface area is 634 Å². The Morgan fingerprint density at radius 3 is 0.938 bits per heavy atom. The molecule has 4 amide bonds. The number of rotatable bonds is 29. The average Bonchev–Trinajstić information content (AvgIpc) is 0.748. The highest BCUT2D eigenvalue weighted by Crippen LogP contribution is 2.41. The zero-order chi connectivity index (χ0) is 82.5. The van der Waals surface area contributed by atoms with E-state index in [2.05, 4.69) is 21.3 Å². The van der Waals surface area contributed by atoms with E-state index in [0.29, 0.717) is 0 Å². The Morgan fingerprint density at radius 1 is 0.232 bits per heavy atom. The molecule has 9 aliphatic heterocycles. The molecule has 112 heavy (non-hydrogen) atoms. The fourth-order valence-electron chi connectivity index (χ4n) is 14.5. The lowest BCUT2D eigenvalue weighted by Gasteiger charge is -2.52. The third-order valence-electron chi connectivity index (χ3n) is 20.4. The van der Waals surface area contributed by atoms with E-state index in [1.54, 1.807) is 0 Å². The summed E-state index contributed by atoms with van der Waals surface area (Å²) in [6, 6.07) is -7.63. The van der Waals surface area contributed by atoms with E-state index in [1.165, 1.54) is 0 Å². The molecule has 0 bridgehead atoms. The fraction of sp³-hybridized carbons (Fsp3) is 0.935. The third-order valence-corrected chi connectivity index (χ3v) is 20.4. The van der Waals surface area contributed by atoms with Gasteiger partial charge < -0.3 is 229 Å². The van der Waals surface area contributed by atoms with Gasteiger partial charge in [0.15, 0.2) is 56.6 Å². The van der Waals surface area contributed by atoms with Gasteiger partial charge in [-0.2, -0.15) is 0 Å². The molecule has 45 atom stereocenters. The highest BCUT2D eigenvalue weighted by molar-refractivity contribution is 5.74. The molecule has 0 spiro atoms. The summed E-state index contributed by atoms with van der Waals surface area (Å²) in [6.07, 6.45) is -87.6. The normalized spacial score (nSPS) is 48.9. The van der Waals surface area contributed by atoms with Crippen LogP contribution in [0.25, 0.3) is 0 Å². The van der Waals surface area contributed by atoms with E-state index in [1.807, 2.05) is 0 Å². The van der Waals surface area contributed by atoms with Crippen molar-refractivity contribution in [3.8, 4) is 0 Å². The van der Waals surface area contributed by atoms with Gasteiger partial charge in [0.2, 0.25) is 23.6 Å². The maximum Gasteiger partial charge on any atom is 0.217 e. The quantitative estimate of drug-likeness (QED) is 0.0331. The molecule has 0 unspecified atom stereocenters. The summed E-state index contributed by atoms with van der Waals surface area (Å²) in [5, 5.41) is 288. The van der Waals surface area contributed by atoms with E-state index >= 15 is 0 Å². The van der Waals surface area contributed by atoms with Crippen LogP contribution in [0, 0.1) is 0 Å². The number of aliphatic hydroxyl groups is 25. The van der Waals surface area contributed by atoms with Crippen LogP contribution in [-0.4, -0.2) is 487 Å². The van der Waals surface area contributed by atoms with Crippen LogP contribution in [0.1, 0.15) is 27.7 Å². The zero-order valence-electron chi connectivity index (χ0n) is 60.1. The van der Waals surface area contributed by atoms with Crippen molar-refractivity contribution in [2.45, 2.75) is 304 Å². The van der Waals surface area contributed by atoms with Crippen molar-refractivity contribution < 1.29 is 227 Å². The minimum Gasteiger partial charge on any atom is -0.394 e. The molecule has 9 fully saturated rings. The zero-order valence-corrected chi connectivity index (χ0v) is 60.1. The first-order valence-electron chi connectivity index (χ1n) is 35.6. The van der Waals surface area contributed by atoms with Crippen molar-refractivity contribution in [1.29, 1.82) is 0 Å². The Hall–Kier alpha value is -3.80. The summed E-state index contributed by atoms with van der Waals surface area (Å²) in [7, 11) is 0. The fourth-order valence-corrected chi connectivity index (χ4v) is 14.5. The van der Waals surface area contributed by atoms with Gasteiger partial charge in [-0.15, -0.1) is 0 Å². The molecule has 9 saturated heterocycles. The molecular formula is C62H104N4O46. The molecular weight excluding hydrogens is 1540 g/mol. The van der Waals surface area contributed by atoms with Crippen LogP contribution in [0.3, 0.4) is 0 Å². The molecule has 50 heteroatoms. The smallest absolute Gasteiger partial charge is 0.217 e. The predicted molar refractivity (Wildman–Crippen MR) is 343 cm³/mol. The van der Waals surface area contributed by atoms with Crippen molar-refractivity contribution in [3.05, 3.63) is 0 Å². The standard InChI is InChI=1S/C62H104N4O46/c1-14(75)63-27-37(85)47(23(10-72)97-54(27)95)106-56-29(65-16(3)77)38(86)49(25(12-74)103-56)108-61-46(94)52(111-62-53(42(90)34(82)21(8-70)102-62)112-57-30(66-17(4)78)39(87)48(24(11-73)104-57)107-59-43(91)40(88)32(80)19(6-68)100-59)50(109-55-28(64-15(2)76)36(84)31(79)18(5-67)98-55)26(105-61)13-96-58-45(93)51(35(83)22(9-71)99-58)110-60-44(92)41(89)33(81)20(7-69)101-60/h18-62,67-74,79-95H,5-13H2,1-4H3,(H,63,75)(H,64,76)(H,65,77)(H,66,78)/t18-,19-,20-,21-,22-,23-,24-,25-,26-,27-,28-,29-,30-,31-,32+,33-,34-,35-,36-,37-,38-,39-,40+,41+,42+,43-,44+,45+,46+,47-,48-,49-,50-,51+,52-,53+,54-,55+,56+,57+,58+,59+,60-,61+,62-/m1/s1. The summed E-state index contributed by atoms with van der Waals surface area (Å²) in [5.41, 5.74) is 0. The summed E-state index contributed by atoms with van der Waals surface area (Å²) < 4.78 is 102. The SMILES string of the molecule is CC(=O)N[C@@H]1[C@@H](O)[C@H](O[C@@H]2O[C@H](CO)[C@@H](O[C@@H]3O[C@H](CO[C@H]4O[C@H](CO)[C@@H](O)[C@H](O[C@H]5O[C@H](CO)[C@@H](O)[C@H](O)[C@@H]5O)[C@@H]4O)[C@@H](O[C@@H]4O[C@H](CO)[C@@H](O)[C@H](O)[C@H]4NC(C)=O)[C@H](O[C@H]4O[C@H](CO)[C@@H](O)[C@H](O)[C@@H]4O[C@@H]4O[C@H](CO)[C@@H](O[C@@H]5O[C@H](CO)[C@H](O)[C@H](O)[C@H]5O)[C@H](O)[C@H]4NC(C)=O)[C@@H]3O)[C@H](O)[C@H]2NC(C)=O)[C@@H](CO)O[C@H]1O. The van der Waals surface area contributed by atoms with Gasteiger partial charge in [-0.05, 0) is 0 Å². The summed E-state index contributed by atoms with van der Waals surface area (Å²) in [6.45, 7) is -6.43. The molecule has 9 aliphatic rings. The van der Waals surface area contributed by atoms with Crippen molar-refractivity contribution >= 4 is 23.6 Å². The van der Waals surface area contributed by atoms with E-state index in [4.69, 9.17) is 80.5 Å². The second kappa shape index (κ2) is 40.3. The summed E-state index contributed by atoms with van der Waals surface area (Å²) in [4.78, 5) is 51.4. The molecule has 0 aromatic rings. The van der Waals surface area contributed by atoms with Crippen molar-refractivity contribution in [2.24, 2.45) is 0 Å². The maximum atomic E-state index is 13.2. The molecule has 648 valence electrons. The first kappa shape index (κ1) is 92.1. The van der Waals surface area contributed by atoms with Crippen LogP contribution in [0.2, 0.25) is 0 Å². The predicted octanol–water partition coefficient (Wildman–Crippen LogP) is -20.1. The maximum absolute atomic E-state index is 13.2. The molecule has 0 saturated carbocycles. The number of amides is 4. The van der Waals surface area contributed by atoms with Crippen LogP contribution in [0.15, 0.2) is 0 Å². The topological polar surface area (TPSA) is 779 Å². The van der Waals surface area contributed by atoms with Crippen LogP contribution in [0.4, 0.5) is 0 Å². The number of carbonyl (C=O) groups is 4. The second-order valence-electron chi connectivity index (χ2n) is 28.2. The van der Waals surface area contributed by atoms with Gasteiger partial charge in [0.05, 0.1) is 59.5 Å². The summed E-state index contributed by atoms with van der Waals surface area (Å²) >= 11 is 0. The first-order chi connectivity index (χ1) is 53.0. The lowest BCUT2D eigenvalue weighted by molar-refractivity contribution is -0.408. The van der Waals surface area contributed by atoms with Gasteiger partial charge in [0, 0.05) is 27.7 Å². The van der Waals surface area contributed by atoms with Crippen LogP contribution in [-0.2, 0) is 99.7 Å². The third kappa shape index (κ3) is 20.2. The number of aliphatic hydroxyl groups excluding tert-OH is 25. The number of nitrogens with one attached hydrogen (secondary N) is 4. The van der Waals surface area contributed by atoms with E-state index < -0.39 is 359 Å². The largest absolute Gasteiger partial charge is 0.394 e. The molecule has 0 radical (unpaired) electrons. The van der Waals surface area contributed by atoms with Gasteiger partial charge >= 0.3 is 0 Å². The minimum atomic E-state index is -2.70. The molecule has 29 N–H and O–H groups in total. The van der Waals surface area contributed by atoms with E-state index in [9.17, 15) is 147 Å². The molecule has 0 aromatic heterocycles. The van der Waals surface area contributed by atoms with Gasteiger partial charge in [0.1, 0.15) is 219 Å². The monoisotopic (exact) mass is 1640 g/mol. The number of hydrogen-bond acceptors (Lipinski definition) is 46. The van der Waals surface area contributed by atoms with Crippen molar-refractivity contribution in [2.75, 3.05) is 59.5 Å². The van der Waals surface area contributed by atoms with E-state index in [0.717, 1.165) is 27.7 Å². The Balaban J connectivity index is 1.14. The Kier molecular flexibility index (Phi) is 33.1. The lowest BCUT2D eigenvalue weighted by Crippen LogP contribution is -2.71. The molecule has 0 aliphatic carbocycles. The van der Waals surface area contributed by atoms with Gasteiger partial charge in [-0.25, -0.2) is 0 Å². The first-order valence-corrected chi connectivity index (χ1v) is 35.6. The Morgan fingerprint density at radius 2 is 0.509 bits per heavy atom. The van der Waals surface area contributed by atoms with Gasteiger partial charge in [0.25, 0.3) is 0 Å². The van der Waals surface area contributed by atoms with E-state index in [-0.39, 0.29) is 0 Å². The van der Waals surface area contributed by atoms with Crippen LogP contribution in [0.5, 0.6) is 0 Å². The number of carbonyl (C=O) groups excluding carboxylic acids is 4. The number of hydrogen-bond donors (Lipinski definition) is 29. The van der Waals surface area contributed by atoms with Crippen LogP contribution >= 0.6 is 0 Å². The molecule has 9 heterocycles. The molecule has 9 rings (SSSR count). The Bertz CT molecular complexity index is 2970. The number of ether oxygens (including phenoxy) is 17. The van der Waals surface area contributed by atoms with Crippen molar-refractivity contribution in [3.63, 3.8) is 0 Å². The second-order valence-corrected chi connectivity index (χ2v) is 28.2. The highest BCUT2D eigenvalue weighted by Gasteiger charge is 2.62. The molecule has 0 aromatic carbocycles. The average molecular weight is 1640 g/mol. The highest BCUT2D eigenvalue weighted by atomic mass is 16.8. The lowest BCUT2D eigenvalue weighted by atomic mass is 9.93. The van der Waals surface area contributed by atoms with Gasteiger partial charge in [-0.1, -0.05) is 0 Å². The minimum absolute atomic E-state index is 0.802. The summed E-state index contributed by atoms with van der Waals surface area (Å²) in [5.74, 6) is -3.73. The molecule has 50 nitrogen and oxygen atoms in total. The van der Waals surface area contributed by atoms with Crippen LogP contribution < -0.4 is 21.3 Å². The van der Waals surface area contributed by atoms with Gasteiger partial charge in [-0.3, -0.25) is 19.2 Å².